The number of benzene rings is 1. The molecule has 0 aliphatic carbocycles. The number of rotatable bonds is 5. The van der Waals surface area contributed by atoms with Crippen LogP contribution in [-0.4, -0.2) is 0 Å². The molecule has 0 heterocycles. The van der Waals surface area contributed by atoms with Crippen molar-refractivity contribution in [2.75, 3.05) is 5.73 Å². The van der Waals surface area contributed by atoms with Gasteiger partial charge in [-0.15, -0.1) is 0 Å². The van der Waals surface area contributed by atoms with Crippen LogP contribution in [0.1, 0.15) is 37.8 Å². The van der Waals surface area contributed by atoms with Crippen molar-refractivity contribution in [1.82, 2.24) is 5.43 Å². The summed E-state index contributed by atoms with van der Waals surface area (Å²) >= 11 is 0. The first-order valence-electron chi connectivity index (χ1n) is 5.09. The first kappa shape index (κ1) is 11.0. The van der Waals surface area contributed by atoms with Crippen molar-refractivity contribution < 1.29 is 0 Å². The summed E-state index contributed by atoms with van der Waals surface area (Å²) < 4.78 is 0. The Kier molecular flexibility index (Phi) is 4.43. The van der Waals surface area contributed by atoms with Crippen LogP contribution in [0.3, 0.4) is 0 Å². The van der Waals surface area contributed by atoms with Gasteiger partial charge in [-0.2, -0.15) is 0 Å². The number of nitrogens with one attached hydrogen (secondary N) is 1. The van der Waals surface area contributed by atoms with Crippen LogP contribution in [0.25, 0.3) is 0 Å². The lowest BCUT2D eigenvalue weighted by atomic mass is 10.0. The molecule has 0 radical (unpaired) electrons. The number of hydrogen-bond donors (Lipinski definition) is 3. The van der Waals surface area contributed by atoms with Crippen LogP contribution >= 0.6 is 0 Å². The highest BCUT2D eigenvalue weighted by atomic mass is 15.2. The van der Waals surface area contributed by atoms with Gasteiger partial charge in [0.1, 0.15) is 0 Å². The predicted octanol–water partition coefficient (Wildman–Crippen LogP) is 1.96. The molecule has 0 saturated heterocycles. The fourth-order valence-electron chi connectivity index (χ4n) is 1.48. The Balaban J connectivity index is 2.64. The molecular formula is C11H19N3. The van der Waals surface area contributed by atoms with E-state index in [-0.39, 0.29) is 6.04 Å². The minimum atomic E-state index is 0.246. The van der Waals surface area contributed by atoms with E-state index in [2.05, 4.69) is 12.3 Å². The van der Waals surface area contributed by atoms with E-state index in [1.807, 2.05) is 24.3 Å². The molecule has 0 saturated carbocycles. The number of unbranched alkanes of at least 4 members (excludes halogenated alkanes) is 1. The third-order valence-corrected chi connectivity index (χ3v) is 2.39. The van der Waals surface area contributed by atoms with Crippen molar-refractivity contribution >= 4 is 5.69 Å². The van der Waals surface area contributed by atoms with Crippen LogP contribution in [0, 0.1) is 0 Å². The lowest BCUT2D eigenvalue weighted by molar-refractivity contribution is 0.495. The van der Waals surface area contributed by atoms with Crippen molar-refractivity contribution in [3.63, 3.8) is 0 Å². The molecule has 1 rings (SSSR count). The molecule has 78 valence electrons. The molecule has 1 unspecified atom stereocenters. The quantitative estimate of drug-likeness (QED) is 0.380. The Labute approximate surface area is 85.5 Å². The van der Waals surface area contributed by atoms with Crippen molar-refractivity contribution in [2.45, 2.75) is 32.2 Å². The summed E-state index contributed by atoms with van der Waals surface area (Å²) in [5.74, 6) is 5.50. The summed E-state index contributed by atoms with van der Waals surface area (Å²) in [6.45, 7) is 2.18. The first-order valence-corrected chi connectivity index (χ1v) is 5.09. The zero-order chi connectivity index (χ0) is 10.4. The van der Waals surface area contributed by atoms with Crippen LogP contribution < -0.4 is 17.0 Å². The summed E-state index contributed by atoms with van der Waals surface area (Å²) in [6.07, 6.45) is 3.43. The van der Waals surface area contributed by atoms with Crippen molar-refractivity contribution in [1.29, 1.82) is 0 Å². The molecule has 5 N–H and O–H groups in total. The molecule has 1 aromatic carbocycles. The largest absolute Gasteiger partial charge is 0.399 e. The first-order chi connectivity index (χ1) is 6.77. The minimum absolute atomic E-state index is 0.246. The Morgan fingerprint density at radius 3 is 2.43 bits per heavy atom. The molecule has 3 nitrogen and oxygen atoms in total. The number of anilines is 1. The summed E-state index contributed by atoms with van der Waals surface area (Å²) in [4.78, 5) is 0. The second-order valence-electron chi connectivity index (χ2n) is 3.53. The van der Waals surface area contributed by atoms with Crippen molar-refractivity contribution in [3.8, 4) is 0 Å². The number of nitrogen functional groups attached to an aromatic ring is 1. The molecule has 1 atom stereocenters. The topological polar surface area (TPSA) is 64.1 Å². The Hall–Kier alpha value is -1.06. The zero-order valence-electron chi connectivity index (χ0n) is 8.66. The second kappa shape index (κ2) is 5.62. The Morgan fingerprint density at radius 2 is 1.93 bits per heavy atom. The van der Waals surface area contributed by atoms with Crippen molar-refractivity contribution in [2.24, 2.45) is 5.84 Å². The molecule has 14 heavy (non-hydrogen) atoms. The van der Waals surface area contributed by atoms with Gasteiger partial charge in [-0.1, -0.05) is 31.9 Å². The minimum Gasteiger partial charge on any atom is -0.399 e. The second-order valence-corrected chi connectivity index (χ2v) is 3.53. The standard InChI is InChI=1S/C11H19N3/c1-2-3-4-11(14-13)9-5-7-10(12)8-6-9/h5-8,11,14H,2-4,12-13H2,1H3. The smallest absolute Gasteiger partial charge is 0.0460 e. The highest BCUT2D eigenvalue weighted by molar-refractivity contribution is 5.40. The lowest BCUT2D eigenvalue weighted by Crippen LogP contribution is -2.27. The van der Waals surface area contributed by atoms with Gasteiger partial charge < -0.3 is 5.73 Å². The van der Waals surface area contributed by atoms with E-state index in [0.717, 1.165) is 12.1 Å². The lowest BCUT2D eigenvalue weighted by Gasteiger charge is -2.15. The van der Waals surface area contributed by atoms with E-state index >= 15 is 0 Å². The summed E-state index contributed by atoms with van der Waals surface area (Å²) in [7, 11) is 0. The van der Waals surface area contributed by atoms with Crippen LogP contribution in [0.15, 0.2) is 24.3 Å². The van der Waals surface area contributed by atoms with Gasteiger partial charge in [0.25, 0.3) is 0 Å². The number of nitrogens with two attached hydrogens (primary N) is 2. The van der Waals surface area contributed by atoms with Gasteiger partial charge in [0.15, 0.2) is 0 Å². The van der Waals surface area contributed by atoms with E-state index in [1.165, 1.54) is 18.4 Å². The fourth-order valence-corrected chi connectivity index (χ4v) is 1.48. The number of hydrogen-bond acceptors (Lipinski definition) is 3. The molecule has 0 bridgehead atoms. The molecule has 0 spiro atoms. The monoisotopic (exact) mass is 193 g/mol. The van der Waals surface area contributed by atoms with Gasteiger partial charge in [-0.25, -0.2) is 0 Å². The maximum Gasteiger partial charge on any atom is 0.0460 e. The molecule has 0 amide bonds. The van der Waals surface area contributed by atoms with E-state index in [1.54, 1.807) is 0 Å². The summed E-state index contributed by atoms with van der Waals surface area (Å²) in [6, 6.07) is 8.11. The van der Waals surface area contributed by atoms with E-state index < -0.39 is 0 Å². The van der Waals surface area contributed by atoms with Gasteiger partial charge >= 0.3 is 0 Å². The third kappa shape index (κ3) is 3.01. The van der Waals surface area contributed by atoms with Gasteiger partial charge in [0.05, 0.1) is 0 Å². The zero-order valence-corrected chi connectivity index (χ0v) is 8.66. The predicted molar refractivity (Wildman–Crippen MR) is 60.4 cm³/mol. The van der Waals surface area contributed by atoms with Crippen LogP contribution in [0.5, 0.6) is 0 Å². The number of hydrazine groups is 1. The molecule has 0 aliphatic heterocycles. The highest BCUT2D eigenvalue weighted by Crippen LogP contribution is 2.19. The summed E-state index contributed by atoms with van der Waals surface area (Å²) in [5, 5.41) is 0. The Morgan fingerprint density at radius 1 is 1.29 bits per heavy atom. The average Bonchev–Trinajstić information content (AvgIpc) is 2.21. The van der Waals surface area contributed by atoms with Crippen molar-refractivity contribution in [3.05, 3.63) is 29.8 Å². The Bertz CT molecular complexity index is 256. The normalized spacial score (nSPS) is 12.7. The van der Waals surface area contributed by atoms with Crippen LogP contribution in [-0.2, 0) is 0 Å². The van der Waals surface area contributed by atoms with E-state index in [4.69, 9.17) is 11.6 Å². The summed E-state index contributed by atoms with van der Waals surface area (Å²) in [5.41, 5.74) is 10.4. The van der Waals surface area contributed by atoms with Crippen LogP contribution in [0.4, 0.5) is 5.69 Å². The maximum absolute atomic E-state index is 5.62. The van der Waals surface area contributed by atoms with E-state index in [9.17, 15) is 0 Å². The SMILES string of the molecule is CCCCC(NN)c1ccc(N)cc1. The van der Waals surface area contributed by atoms with E-state index in [0.29, 0.717) is 0 Å². The average molecular weight is 193 g/mol. The molecule has 0 aromatic heterocycles. The van der Waals surface area contributed by atoms with Gasteiger partial charge in [0, 0.05) is 11.7 Å². The van der Waals surface area contributed by atoms with Crippen LogP contribution in [0.2, 0.25) is 0 Å². The maximum atomic E-state index is 5.62. The third-order valence-electron chi connectivity index (χ3n) is 2.39. The molecule has 0 fully saturated rings. The molecule has 3 heteroatoms. The molecule has 0 aliphatic rings. The molecular weight excluding hydrogens is 174 g/mol. The highest BCUT2D eigenvalue weighted by Gasteiger charge is 2.07. The fraction of sp³-hybridized carbons (Fsp3) is 0.455. The van der Waals surface area contributed by atoms with Gasteiger partial charge in [-0.05, 0) is 24.1 Å². The van der Waals surface area contributed by atoms with Gasteiger partial charge in [-0.3, -0.25) is 11.3 Å². The molecule has 1 aromatic rings. The van der Waals surface area contributed by atoms with Gasteiger partial charge in [0.2, 0.25) is 0 Å².